The summed E-state index contributed by atoms with van der Waals surface area (Å²) in [6.45, 7) is 11.2. The molecule has 4 nitrogen and oxygen atoms in total. The molecule has 3 aromatic rings. The largest absolute Gasteiger partial charge is 0.506 e. The van der Waals surface area contributed by atoms with Crippen molar-refractivity contribution in [2.75, 3.05) is 0 Å². The summed E-state index contributed by atoms with van der Waals surface area (Å²) < 4.78 is 0. The Morgan fingerprint density at radius 3 is 2.04 bits per heavy atom. The van der Waals surface area contributed by atoms with Gasteiger partial charge in [-0.1, -0.05) is 52.8 Å². The third kappa shape index (κ3) is 3.01. The Morgan fingerprint density at radius 1 is 0.958 bits per heavy atom. The van der Waals surface area contributed by atoms with E-state index < -0.39 is 0 Å². The minimum atomic E-state index is 0.130. The monoisotopic (exact) mass is 323 g/mol. The van der Waals surface area contributed by atoms with Gasteiger partial charge in [-0.15, -0.1) is 15.0 Å². The first kappa shape index (κ1) is 16.5. The van der Waals surface area contributed by atoms with Gasteiger partial charge in [-0.25, -0.2) is 0 Å². The number of benzene rings is 2. The van der Waals surface area contributed by atoms with E-state index in [1.54, 1.807) is 6.07 Å². The van der Waals surface area contributed by atoms with Crippen LogP contribution in [0.15, 0.2) is 42.5 Å². The number of hydrogen-bond donors (Lipinski definition) is 1. The molecule has 4 heteroatoms. The standard InChI is InChI=1S/C20H25N3O/c1-13(2)19(20(3,4)5)14-10-11-18(24)17(12-14)23-21-15-8-6-7-9-16(15)22-23/h6-13,19,24H,1-5H3. The number of fused-ring (bicyclic) bond motifs is 1. The second-order valence-electron chi connectivity index (χ2n) is 7.81. The lowest BCUT2D eigenvalue weighted by Gasteiger charge is -2.34. The number of phenols is 1. The normalized spacial score (nSPS) is 13.6. The van der Waals surface area contributed by atoms with E-state index in [4.69, 9.17) is 0 Å². The molecule has 2 aromatic carbocycles. The molecule has 0 spiro atoms. The molecule has 126 valence electrons. The van der Waals surface area contributed by atoms with Crippen molar-refractivity contribution in [1.82, 2.24) is 15.0 Å². The number of aromatic nitrogens is 3. The molecule has 1 aromatic heterocycles. The summed E-state index contributed by atoms with van der Waals surface area (Å²) in [6, 6.07) is 13.5. The van der Waals surface area contributed by atoms with Gasteiger partial charge < -0.3 is 5.11 Å². The summed E-state index contributed by atoms with van der Waals surface area (Å²) in [7, 11) is 0. The average molecular weight is 323 g/mol. The third-order valence-corrected chi connectivity index (χ3v) is 4.46. The predicted molar refractivity (Wildman–Crippen MR) is 97.6 cm³/mol. The van der Waals surface area contributed by atoms with Gasteiger partial charge in [-0.2, -0.15) is 0 Å². The second-order valence-corrected chi connectivity index (χ2v) is 7.81. The molecule has 0 saturated heterocycles. The van der Waals surface area contributed by atoms with Crippen molar-refractivity contribution in [2.45, 2.75) is 40.5 Å². The summed E-state index contributed by atoms with van der Waals surface area (Å²) in [5, 5.41) is 19.3. The lowest BCUT2D eigenvalue weighted by molar-refractivity contribution is 0.258. The molecule has 24 heavy (non-hydrogen) atoms. The van der Waals surface area contributed by atoms with E-state index in [1.807, 2.05) is 36.4 Å². The zero-order chi connectivity index (χ0) is 17.5. The Hall–Kier alpha value is -2.36. The van der Waals surface area contributed by atoms with Crippen LogP contribution in [0.1, 0.15) is 46.1 Å². The van der Waals surface area contributed by atoms with Gasteiger partial charge in [0, 0.05) is 0 Å². The maximum atomic E-state index is 10.3. The minimum Gasteiger partial charge on any atom is -0.506 e. The van der Waals surface area contributed by atoms with Crippen LogP contribution in [0.2, 0.25) is 0 Å². The maximum Gasteiger partial charge on any atom is 0.143 e. The Morgan fingerprint density at radius 2 is 1.54 bits per heavy atom. The van der Waals surface area contributed by atoms with Crippen LogP contribution in [-0.4, -0.2) is 20.1 Å². The van der Waals surface area contributed by atoms with Crippen LogP contribution in [0.25, 0.3) is 16.7 Å². The van der Waals surface area contributed by atoms with Crippen molar-refractivity contribution < 1.29 is 5.11 Å². The SMILES string of the molecule is CC(C)C(c1ccc(O)c(-n2nc3ccccc3n2)c1)C(C)(C)C. The molecule has 3 rings (SSSR count). The molecular weight excluding hydrogens is 298 g/mol. The van der Waals surface area contributed by atoms with Crippen LogP contribution in [0.5, 0.6) is 5.75 Å². The Balaban J connectivity index is 2.12. The molecule has 0 radical (unpaired) electrons. The van der Waals surface area contributed by atoms with E-state index in [9.17, 15) is 5.11 Å². The van der Waals surface area contributed by atoms with Crippen molar-refractivity contribution in [1.29, 1.82) is 0 Å². The van der Waals surface area contributed by atoms with Gasteiger partial charge in [0.15, 0.2) is 0 Å². The molecule has 0 bridgehead atoms. The summed E-state index contributed by atoms with van der Waals surface area (Å²) in [4.78, 5) is 1.53. The van der Waals surface area contributed by atoms with Crippen LogP contribution in [0.4, 0.5) is 0 Å². The van der Waals surface area contributed by atoms with E-state index >= 15 is 0 Å². The topological polar surface area (TPSA) is 50.9 Å². The molecule has 1 N–H and O–H groups in total. The molecule has 0 amide bonds. The van der Waals surface area contributed by atoms with E-state index in [1.165, 1.54) is 10.4 Å². The zero-order valence-corrected chi connectivity index (χ0v) is 15.0. The van der Waals surface area contributed by atoms with Crippen molar-refractivity contribution in [3.8, 4) is 11.4 Å². The highest BCUT2D eigenvalue weighted by atomic mass is 16.3. The van der Waals surface area contributed by atoms with E-state index in [0.717, 1.165) is 11.0 Å². The number of aromatic hydroxyl groups is 1. The highest BCUT2D eigenvalue weighted by Gasteiger charge is 2.29. The lowest BCUT2D eigenvalue weighted by Crippen LogP contribution is -2.23. The Labute approximate surface area is 143 Å². The van der Waals surface area contributed by atoms with E-state index in [2.05, 4.69) is 44.8 Å². The summed E-state index contributed by atoms with van der Waals surface area (Å²) in [5.41, 5.74) is 3.59. The van der Waals surface area contributed by atoms with Crippen LogP contribution < -0.4 is 0 Å². The molecule has 1 heterocycles. The first-order chi connectivity index (χ1) is 11.3. The quantitative estimate of drug-likeness (QED) is 0.745. The third-order valence-electron chi connectivity index (χ3n) is 4.46. The Kier molecular flexibility index (Phi) is 4.08. The highest BCUT2D eigenvalue weighted by Crippen LogP contribution is 2.42. The van der Waals surface area contributed by atoms with Crippen molar-refractivity contribution in [3.63, 3.8) is 0 Å². The van der Waals surface area contributed by atoms with Gasteiger partial charge in [-0.05, 0) is 47.1 Å². The molecule has 1 unspecified atom stereocenters. The smallest absolute Gasteiger partial charge is 0.143 e. The molecular formula is C20H25N3O. The van der Waals surface area contributed by atoms with E-state index in [0.29, 0.717) is 17.5 Å². The number of phenolic OH excluding ortho intramolecular Hbond substituents is 1. The zero-order valence-electron chi connectivity index (χ0n) is 15.0. The van der Waals surface area contributed by atoms with Gasteiger partial charge >= 0.3 is 0 Å². The minimum absolute atomic E-state index is 0.130. The maximum absolute atomic E-state index is 10.3. The summed E-state index contributed by atoms with van der Waals surface area (Å²) in [5.74, 6) is 1.06. The molecule has 0 saturated carbocycles. The predicted octanol–water partition coefficient (Wildman–Crippen LogP) is 4.91. The summed E-state index contributed by atoms with van der Waals surface area (Å²) in [6.07, 6.45) is 0. The average Bonchev–Trinajstić information content (AvgIpc) is 2.91. The summed E-state index contributed by atoms with van der Waals surface area (Å²) >= 11 is 0. The van der Waals surface area contributed by atoms with Gasteiger partial charge in [0.2, 0.25) is 0 Å². The molecule has 0 aliphatic rings. The van der Waals surface area contributed by atoms with Gasteiger partial charge in [0.1, 0.15) is 22.5 Å². The molecule has 0 fully saturated rings. The Bertz CT molecular complexity index is 826. The van der Waals surface area contributed by atoms with Gasteiger partial charge in [0.05, 0.1) is 0 Å². The van der Waals surface area contributed by atoms with Crippen molar-refractivity contribution >= 4 is 11.0 Å². The molecule has 0 aliphatic heterocycles. The van der Waals surface area contributed by atoms with E-state index in [-0.39, 0.29) is 11.2 Å². The fourth-order valence-corrected chi connectivity index (χ4v) is 3.75. The van der Waals surface area contributed by atoms with Gasteiger partial charge in [-0.3, -0.25) is 0 Å². The first-order valence-corrected chi connectivity index (χ1v) is 8.43. The molecule has 0 aliphatic carbocycles. The van der Waals surface area contributed by atoms with Crippen LogP contribution in [0, 0.1) is 11.3 Å². The van der Waals surface area contributed by atoms with Gasteiger partial charge in [0.25, 0.3) is 0 Å². The van der Waals surface area contributed by atoms with Crippen LogP contribution >= 0.6 is 0 Å². The first-order valence-electron chi connectivity index (χ1n) is 8.43. The highest BCUT2D eigenvalue weighted by molar-refractivity contribution is 5.73. The lowest BCUT2D eigenvalue weighted by atomic mass is 9.70. The van der Waals surface area contributed by atoms with Crippen molar-refractivity contribution in [3.05, 3.63) is 48.0 Å². The molecule has 1 atom stereocenters. The fraction of sp³-hybridized carbons (Fsp3) is 0.400. The number of nitrogens with zero attached hydrogens (tertiary/aromatic N) is 3. The number of rotatable bonds is 3. The van der Waals surface area contributed by atoms with Crippen molar-refractivity contribution in [2.24, 2.45) is 11.3 Å². The fourth-order valence-electron chi connectivity index (χ4n) is 3.75. The van der Waals surface area contributed by atoms with Crippen LogP contribution in [-0.2, 0) is 0 Å². The second kappa shape index (κ2) is 5.93. The van der Waals surface area contributed by atoms with Crippen LogP contribution in [0.3, 0.4) is 0 Å². The number of hydrogen-bond acceptors (Lipinski definition) is 3.